The van der Waals surface area contributed by atoms with E-state index in [1.165, 1.54) is 12.8 Å². The molecule has 102 valence electrons. The number of nitrogens with zero attached hydrogens (tertiary/aromatic N) is 1. The topological polar surface area (TPSA) is 15.3 Å². The second-order valence-corrected chi connectivity index (χ2v) is 4.81. The van der Waals surface area contributed by atoms with Crippen molar-refractivity contribution >= 4 is 0 Å². The van der Waals surface area contributed by atoms with Crippen LogP contribution in [0.15, 0.2) is 0 Å². The zero-order valence-corrected chi connectivity index (χ0v) is 10.5. The molecular formula is C12H23F3N2. The van der Waals surface area contributed by atoms with Gasteiger partial charge in [0.25, 0.3) is 0 Å². The van der Waals surface area contributed by atoms with E-state index in [4.69, 9.17) is 0 Å². The summed E-state index contributed by atoms with van der Waals surface area (Å²) < 4.78 is 36.6. The number of nitrogens with one attached hydrogen (secondary N) is 1. The van der Waals surface area contributed by atoms with Crippen LogP contribution in [0.5, 0.6) is 0 Å². The molecule has 0 aromatic heterocycles. The molecule has 0 aromatic rings. The van der Waals surface area contributed by atoms with Crippen molar-refractivity contribution in [2.75, 3.05) is 26.2 Å². The first kappa shape index (κ1) is 14.8. The second-order valence-electron chi connectivity index (χ2n) is 4.81. The van der Waals surface area contributed by atoms with E-state index < -0.39 is 12.6 Å². The van der Waals surface area contributed by atoms with Gasteiger partial charge in [-0.15, -0.1) is 0 Å². The third kappa shape index (κ3) is 6.88. The summed E-state index contributed by atoms with van der Waals surface area (Å²) in [7, 11) is 0. The van der Waals surface area contributed by atoms with Crippen molar-refractivity contribution in [3.05, 3.63) is 0 Å². The van der Waals surface area contributed by atoms with E-state index >= 15 is 0 Å². The summed E-state index contributed by atoms with van der Waals surface area (Å²) in [5, 5.41) is 3.38. The summed E-state index contributed by atoms with van der Waals surface area (Å²) in [6.45, 7) is 4.66. The summed E-state index contributed by atoms with van der Waals surface area (Å²) in [6.07, 6.45) is -0.355. The number of alkyl halides is 3. The van der Waals surface area contributed by atoms with Gasteiger partial charge >= 0.3 is 6.18 Å². The highest BCUT2D eigenvalue weighted by Crippen LogP contribution is 2.20. The van der Waals surface area contributed by atoms with Crippen LogP contribution in [-0.4, -0.2) is 43.3 Å². The molecule has 1 aliphatic rings. The summed E-state index contributed by atoms with van der Waals surface area (Å²) in [4.78, 5) is 1.94. The fourth-order valence-electron chi connectivity index (χ4n) is 2.29. The largest absolute Gasteiger partial charge is 0.390 e. The molecule has 0 bridgehead atoms. The molecule has 0 aliphatic carbocycles. The third-order valence-electron chi connectivity index (χ3n) is 3.14. The summed E-state index contributed by atoms with van der Waals surface area (Å²) in [5.41, 5.74) is 0. The van der Waals surface area contributed by atoms with Crippen molar-refractivity contribution in [3.63, 3.8) is 0 Å². The van der Waals surface area contributed by atoms with Crippen LogP contribution in [-0.2, 0) is 0 Å². The smallest absolute Gasteiger partial charge is 0.313 e. The van der Waals surface area contributed by atoms with Gasteiger partial charge in [-0.3, -0.25) is 0 Å². The Morgan fingerprint density at radius 3 is 2.53 bits per heavy atom. The molecule has 0 aromatic carbocycles. The molecule has 1 aliphatic heterocycles. The van der Waals surface area contributed by atoms with Gasteiger partial charge in [0, 0.05) is 19.1 Å². The van der Waals surface area contributed by atoms with Gasteiger partial charge in [-0.2, -0.15) is 13.2 Å². The number of piperidine rings is 1. The molecule has 2 nitrogen and oxygen atoms in total. The molecule has 17 heavy (non-hydrogen) atoms. The van der Waals surface area contributed by atoms with Gasteiger partial charge in [0.1, 0.15) is 0 Å². The molecule has 1 saturated heterocycles. The Morgan fingerprint density at radius 1 is 1.24 bits per heavy atom. The molecule has 1 unspecified atom stereocenters. The number of hydrogen-bond donors (Lipinski definition) is 1. The maximum atomic E-state index is 12.2. The molecule has 5 heteroatoms. The first-order chi connectivity index (χ1) is 8.01. The standard InChI is InChI=1S/C12H23F3N2/c1-2-8-17(9-6-12(13,14)15)10-11-5-3-4-7-16-11/h11,16H,2-10H2,1H3. The van der Waals surface area contributed by atoms with Crippen LogP contribution in [0.2, 0.25) is 0 Å². The van der Waals surface area contributed by atoms with Crippen LogP contribution >= 0.6 is 0 Å². The Morgan fingerprint density at radius 2 is 2.00 bits per heavy atom. The fraction of sp³-hybridized carbons (Fsp3) is 1.00. The minimum absolute atomic E-state index is 0.134. The molecule has 0 saturated carbocycles. The molecule has 1 heterocycles. The van der Waals surface area contributed by atoms with Gasteiger partial charge < -0.3 is 10.2 Å². The Balaban J connectivity index is 2.31. The molecule has 0 amide bonds. The Kier molecular flexibility index (Phi) is 6.27. The normalized spacial score (nSPS) is 22.1. The van der Waals surface area contributed by atoms with E-state index in [9.17, 15) is 13.2 Å². The van der Waals surface area contributed by atoms with Gasteiger partial charge in [-0.05, 0) is 32.4 Å². The van der Waals surface area contributed by atoms with Gasteiger partial charge in [0.15, 0.2) is 0 Å². The molecule has 1 N–H and O–H groups in total. The van der Waals surface area contributed by atoms with E-state index in [0.717, 1.165) is 32.5 Å². The average Bonchev–Trinajstić information content (AvgIpc) is 2.27. The minimum Gasteiger partial charge on any atom is -0.313 e. The lowest BCUT2D eigenvalue weighted by Gasteiger charge is -2.30. The van der Waals surface area contributed by atoms with Gasteiger partial charge in [-0.1, -0.05) is 13.3 Å². The van der Waals surface area contributed by atoms with Gasteiger partial charge in [-0.25, -0.2) is 0 Å². The number of rotatable bonds is 6. The minimum atomic E-state index is -4.04. The first-order valence-electron chi connectivity index (χ1n) is 6.54. The SMILES string of the molecule is CCCN(CCC(F)(F)F)CC1CCCCN1. The van der Waals surface area contributed by atoms with Gasteiger partial charge in [0.05, 0.1) is 6.42 Å². The lowest BCUT2D eigenvalue weighted by Crippen LogP contribution is -2.44. The number of hydrogen-bond acceptors (Lipinski definition) is 2. The van der Waals surface area contributed by atoms with E-state index in [-0.39, 0.29) is 6.54 Å². The predicted octanol–water partition coefficient (Wildman–Crippen LogP) is 2.79. The monoisotopic (exact) mass is 252 g/mol. The predicted molar refractivity (Wildman–Crippen MR) is 63.0 cm³/mol. The average molecular weight is 252 g/mol. The van der Waals surface area contributed by atoms with Crippen molar-refractivity contribution in [1.29, 1.82) is 0 Å². The van der Waals surface area contributed by atoms with Crippen molar-refractivity contribution < 1.29 is 13.2 Å². The third-order valence-corrected chi connectivity index (χ3v) is 3.14. The lowest BCUT2D eigenvalue weighted by atomic mass is 10.0. The molecule has 1 fully saturated rings. The maximum absolute atomic E-state index is 12.2. The summed E-state index contributed by atoms with van der Waals surface area (Å²) in [5.74, 6) is 0. The highest BCUT2D eigenvalue weighted by atomic mass is 19.4. The maximum Gasteiger partial charge on any atom is 0.390 e. The van der Waals surface area contributed by atoms with Crippen LogP contribution in [0.1, 0.15) is 39.0 Å². The van der Waals surface area contributed by atoms with Crippen molar-refractivity contribution in [3.8, 4) is 0 Å². The summed E-state index contributed by atoms with van der Waals surface area (Å²) in [6, 6.07) is 0.378. The highest BCUT2D eigenvalue weighted by molar-refractivity contribution is 4.76. The molecule has 0 spiro atoms. The Labute approximate surface area is 102 Å². The van der Waals surface area contributed by atoms with Crippen LogP contribution in [0.3, 0.4) is 0 Å². The van der Waals surface area contributed by atoms with Crippen molar-refractivity contribution in [2.24, 2.45) is 0 Å². The van der Waals surface area contributed by atoms with Crippen molar-refractivity contribution in [1.82, 2.24) is 10.2 Å². The van der Waals surface area contributed by atoms with Crippen LogP contribution in [0.25, 0.3) is 0 Å². The van der Waals surface area contributed by atoms with Crippen LogP contribution < -0.4 is 5.32 Å². The Hall–Kier alpha value is -0.290. The van der Waals surface area contributed by atoms with Crippen LogP contribution in [0.4, 0.5) is 13.2 Å². The molecule has 0 radical (unpaired) electrons. The first-order valence-corrected chi connectivity index (χ1v) is 6.54. The summed E-state index contributed by atoms with van der Waals surface area (Å²) >= 11 is 0. The Bertz CT molecular complexity index is 200. The van der Waals surface area contributed by atoms with E-state index in [1.54, 1.807) is 0 Å². The zero-order valence-electron chi connectivity index (χ0n) is 10.5. The van der Waals surface area contributed by atoms with Gasteiger partial charge in [0.2, 0.25) is 0 Å². The van der Waals surface area contributed by atoms with E-state index in [0.29, 0.717) is 6.04 Å². The van der Waals surface area contributed by atoms with E-state index in [2.05, 4.69) is 5.32 Å². The van der Waals surface area contributed by atoms with Crippen LogP contribution in [0, 0.1) is 0 Å². The highest BCUT2D eigenvalue weighted by Gasteiger charge is 2.28. The lowest BCUT2D eigenvalue weighted by molar-refractivity contribution is -0.138. The second kappa shape index (κ2) is 7.21. The quantitative estimate of drug-likeness (QED) is 0.782. The number of halogens is 3. The molecular weight excluding hydrogens is 229 g/mol. The van der Waals surface area contributed by atoms with E-state index in [1.807, 2.05) is 11.8 Å². The molecule has 1 atom stereocenters. The van der Waals surface area contributed by atoms with Crippen molar-refractivity contribution in [2.45, 2.75) is 51.2 Å². The zero-order chi connectivity index (χ0) is 12.7. The molecule has 1 rings (SSSR count). The fourth-order valence-corrected chi connectivity index (χ4v) is 2.29.